The van der Waals surface area contributed by atoms with E-state index in [1.807, 2.05) is 12.1 Å². The van der Waals surface area contributed by atoms with Gasteiger partial charge in [-0.1, -0.05) is 23.2 Å². The molecule has 0 aliphatic carbocycles. The molecule has 2 heterocycles. The molecule has 17 heavy (non-hydrogen) atoms. The van der Waals surface area contributed by atoms with Gasteiger partial charge in [-0.25, -0.2) is 0 Å². The van der Waals surface area contributed by atoms with Crippen molar-refractivity contribution in [2.45, 2.75) is 6.54 Å². The zero-order valence-electron chi connectivity index (χ0n) is 8.72. The largest absolute Gasteiger partial charge is 0.265 e. The van der Waals surface area contributed by atoms with E-state index in [9.17, 15) is 0 Å². The fraction of sp³-hybridized carbons (Fsp3) is 0.0909. The van der Waals surface area contributed by atoms with Crippen LogP contribution in [0, 0.1) is 0 Å². The Balaban J connectivity index is 2.11. The lowest BCUT2D eigenvalue weighted by Gasteiger charge is -1.98. The fourth-order valence-electron chi connectivity index (χ4n) is 1.18. The summed E-state index contributed by atoms with van der Waals surface area (Å²) in [6.45, 7) is 0.456. The fourth-order valence-corrected chi connectivity index (χ4v) is 1.62. The molecule has 0 aliphatic rings. The van der Waals surface area contributed by atoms with Crippen LogP contribution in [0.2, 0.25) is 10.0 Å². The Morgan fingerprint density at radius 1 is 1.00 bits per heavy atom. The van der Waals surface area contributed by atoms with Crippen LogP contribution in [0.3, 0.4) is 0 Å². The van der Waals surface area contributed by atoms with E-state index in [0.29, 0.717) is 22.3 Å². The van der Waals surface area contributed by atoms with Crippen LogP contribution in [0.25, 0.3) is 0 Å². The first kappa shape index (κ1) is 12.0. The first-order chi connectivity index (χ1) is 8.27. The molecule has 4 nitrogen and oxygen atoms in total. The molecule has 0 bridgehead atoms. The van der Waals surface area contributed by atoms with Crippen LogP contribution < -0.4 is 0 Å². The van der Waals surface area contributed by atoms with Crippen molar-refractivity contribution < 1.29 is 0 Å². The minimum absolute atomic E-state index is 0.385. The SMILES string of the molecule is Clc1cncc(Cl)c1N=NCc1ccncc1. The second kappa shape index (κ2) is 5.70. The molecule has 0 saturated heterocycles. The number of hydrogen-bond donors (Lipinski definition) is 0. The van der Waals surface area contributed by atoms with Gasteiger partial charge in [-0.2, -0.15) is 10.2 Å². The molecule has 0 N–H and O–H groups in total. The number of hydrogen-bond acceptors (Lipinski definition) is 4. The Labute approximate surface area is 108 Å². The Hall–Kier alpha value is -1.52. The van der Waals surface area contributed by atoms with E-state index in [2.05, 4.69) is 20.2 Å². The zero-order chi connectivity index (χ0) is 12.1. The summed E-state index contributed by atoms with van der Waals surface area (Å²) in [6.07, 6.45) is 6.37. The van der Waals surface area contributed by atoms with Crippen molar-refractivity contribution in [1.29, 1.82) is 0 Å². The third-order valence-electron chi connectivity index (χ3n) is 2.00. The quantitative estimate of drug-likeness (QED) is 0.787. The van der Waals surface area contributed by atoms with Crippen molar-refractivity contribution in [3.05, 3.63) is 52.5 Å². The molecule has 0 spiro atoms. The van der Waals surface area contributed by atoms with Crippen LogP contribution in [0.15, 0.2) is 47.1 Å². The van der Waals surface area contributed by atoms with E-state index < -0.39 is 0 Å². The first-order valence-electron chi connectivity index (χ1n) is 4.83. The molecule has 0 aromatic carbocycles. The molecule has 0 aliphatic heterocycles. The van der Waals surface area contributed by atoms with Crippen LogP contribution >= 0.6 is 23.2 Å². The molecule has 0 amide bonds. The summed E-state index contributed by atoms with van der Waals surface area (Å²) in [5.74, 6) is 0. The van der Waals surface area contributed by atoms with Crippen molar-refractivity contribution >= 4 is 28.9 Å². The highest BCUT2D eigenvalue weighted by molar-refractivity contribution is 6.38. The number of rotatable bonds is 3. The zero-order valence-corrected chi connectivity index (χ0v) is 10.2. The summed E-state index contributed by atoms with van der Waals surface area (Å²) in [7, 11) is 0. The number of pyridine rings is 2. The number of halogens is 2. The molecule has 0 saturated carbocycles. The van der Waals surface area contributed by atoms with Gasteiger partial charge in [0.1, 0.15) is 5.69 Å². The van der Waals surface area contributed by atoms with Crippen LogP contribution in [-0.4, -0.2) is 9.97 Å². The molecule has 2 aromatic rings. The summed E-state index contributed by atoms with van der Waals surface area (Å²) in [4.78, 5) is 7.75. The van der Waals surface area contributed by atoms with Gasteiger partial charge in [0.05, 0.1) is 16.6 Å². The number of aromatic nitrogens is 2. The summed E-state index contributed by atoms with van der Waals surface area (Å²) < 4.78 is 0. The summed E-state index contributed by atoms with van der Waals surface area (Å²) in [6, 6.07) is 3.74. The van der Waals surface area contributed by atoms with Crippen molar-refractivity contribution in [1.82, 2.24) is 9.97 Å². The van der Waals surface area contributed by atoms with Gasteiger partial charge in [0.15, 0.2) is 0 Å². The molecular formula is C11H8Cl2N4. The molecule has 86 valence electrons. The molecular weight excluding hydrogens is 259 g/mol. The monoisotopic (exact) mass is 266 g/mol. The lowest BCUT2D eigenvalue weighted by molar-refractivity contribution is 0.954. The highest BCUT2D eigenvalue weighted by Crippen LogP contribution is 2.31. The normalized spacial score (nSPS) is 10.9. The van der Waals surface area contributed by atoms with Crippen LogP contribution in [0.1, 0.15) is 5.56 Å². The second-order valence-electron chi connectivity index (χ2n) is 3.21. The Bertz CT molecular complexity index is 508. The van der Waals surface area contributed by atoms with E-state index in [0.717, 1.165) is 5.56 Å². The molecule has 2 aromatic heterocycles. The predicted octanol–water partition coefficient (Wildman–Crippen LogP) is 4.07. The second-order valence-corrected chi connectivity index (χ2v) is 4.02. The van der Waals surface area contributed by atoms with Crippen LogP contribution in [0.5, 0.6) is 0 Å². The van der Waals surface area contributed by atoms with Crippen molar-refractivity contribution in [2.24, 2.45) is 10.2 Å². The maximum absolute atomic E-state index is 5.90. The minimum atomic E-state index is 0.385. The van der Waals surface area contributed by atoms with Crippen LogP contribution in [0.4, 0.5) is 5.69 Å². The highest BCUT2D eigenvalue weighted by atomic mass is 35.5. The smallest absolute Gasteiger partial charge is 0.126 e. The highest BCUT2D eigenvalue weighted by Gasteiger charge is 2.04. The summed E-state index contributed by atoms with van der Waals surface area (Å²) in [5, 5.41) is 8.81. The average Bonchev–Trinajstić information content (AvgIpc) is 2.34. The third-order valence-corrected chi connectivity index (χ3v) is 2.55. The first-order valence-corrected chi connectivity index (χ1v) is 5.58. The van der Waals surface area contributed by atoms with Gasteiger partial charge in [-0.05, 0) is 17.7 Å². The Morgan fingerprint density at radius 3 is 2.29 bits per heavy atom. The van der Waals surface area contributed by atoms with Crippen LogP contribution in [-0.2, 0) is 6.54 Å². The molecule has 0 radical (unpaired) electrons. The van der Waals surface area contributed by atoms with Gasteiger partial charge in [0.2, 0.25) is 0 Å². The van der Waals surface area contributed by atoms with Gasteiger partial charge in [-0.3, -0.25) is 9.97 Å². The molecule has 6 heteroatoms. The molecule has 0 unspecified atom stereocenters. The predicted molar refractivity (Wildman–Crippen MR) is 66.7 cm³/mol. The van der Waals surface area contributed by atoms with Gasteiger partial charge < -0.3 is 0 Å². The standard InChI is InChI=1S/C11H8Cl2N4/c12-9-6-15-7-10(13)11(9)17-16-5-8-1-3-14-4-2-8/h1-4,6-7H,5H2. The molecule has 0 fully saturated rings. The van der Waals surface area contributed by atoms with Crippen molar-refractivity contribution in [3.8, 4) is 0 Å². The maximum Gasteiger partial charge on any atom is 0.126 e. The van der Waals surface area contributed by atoms with Gasteiger partial charge >= 0.3 is 0 Å². The lowest BCUT2D eigenvalue weighted by atomic mass is 10.3. The minimum Gasteiger partial charge on any atom is -0.265 e. The van der Waals surface area contributed by atoms with Gasteiger partial charge in [-0.15, -0.1) is 0 Å². The van der Waals surface area contributed by atoms with Gasteiger partial charge in [0.25, 0.3) is 0 Å². The topological polar surface area (TPSA) is 50.5 Å². The van der Waals surface area contributed by atoms with Crippen molar-refractivity contribution in [3.63, 3.8) is 0 Å². The van der Waals surface area contributed by atoms with Gasteiger partial charge in [0, 0.05) is 24.8 Å². The summed E-state index contributed by atoms with van der Waals surface area (Å²) in [5.41, 5.74) is 1.46. The average molecular weight is 267 g/mol. The third kappa shape index (κ3) is 3.22. The van der Waals surface area contributed by atoms with Crippen molar-refractivity contribution in [2.75, 3.05) is 0 Å². The lowest BCUT2D eigenvalue weighted by Crippen LogP contribution is -1.80. The summed E-state index contributed by atoms with van der Waals surface area (Å²) >= 11 is 11.8. The number of nitrogens with zero attached hydrogens (tertiary/aromatic N) is 4. The molecule has 2 rings (SSSR count). The van der Waals surface area contributed by atoms with E-state index in [1.165, 1.54) is 12.4 Å². The number of azo groups is 1. The van der Waals surface area contributed by atoms with E-state index in [4.69, 9.17) is 23.2 Å². The molecule has 0 atom stereocenters. The Morgan fingerprint density at radius 2 is 1.65 bits per heavy atom. The Kier molecular flexibility index (Phi) is 4.01. The van der Waals surface area contributed by atoms with E-state index in [-0.39, 0.29) is 0 Å². The maximum atomic E-state index is 5.90. The van der Waals surface area contributed by atoms with E-state index >= 15 is 0 Å². The van der Waals surface area contributed by atoms with E-state index in [1.54, 1.807) is 12.4 Å².